The molecule has 0 saturated carbocycles. The van der Waals surface area contributed by atoms with Gasteiger partial charge in [-0.15, -0.1) is 0 Å². The summed E-state index contributed by atoms with van der Waals surface area (Å²) in [6.45, 7) is 4.27. The molecule has 1 aromatic rings. The maximum atomic E-state index is 6.29. The van der Waals surface area contributed by atoms with Crippen LogP contribution in [0.2, 0.25) is 5.02 Å². The molecular formula is C13H20ClNO2. The number of rotatable bonds is 5. The quantitative estimate of drug-likeness (QED) is 0.879. The van der Waals surface area contributed by atoms with E-state index in [1.807, 2.05) is 12.1 Å². The Labute approximate surface area is 108 Å². The van der Waals surface area contributed by atoms with E-state index in [4.69, 9.17) is 26.8 Å². The average Bonchev–Trinajstić information content (AvgIpc) is 2.27. The fourth-order valence-electron chi connectivity index (χ4n) is 1.83. The minimum absolute atomic E-state index is 0.0812. The molecule has 0 bridgehead atoms. The molecule has 0 aromatic heterocycles. The number of hydrogen-bond donors (Lipinski definition) is 1. The van der Waals surface area contributed by atoms with E-state index in [-0.39, 0.29) is 6.04 Å². The zero-order valence-corrected chi connectivity index (χ0v) is 11.5. The molecule has 0 radical (unpaired) electrons. The number of halogens is 1. The normalized spacial score (nSPS) is 12.6. The maximum absolute atomic E-state index is 6.29. The van der Waals surface area contributed by atoms with Gasteiger partial charge in [0, 0.05) is 6.04 Å². The van der Waals surface area contributed by atoms with Crippen LogP contribution in [0.5, 0.6) is 11.5 Å². The second-order valence-corrected chi connectivity index (χ2v) is 4.82. The van der Waals surface area contributed by atoms with Crippen molar-refractivity contribution in [1.82, 2.24) is 0 Å². The summed E-state index contributed by atoms with van der Waals surface area (Å²) >= 11 is 6.29. The Balaban J connectivity index is 3.09. The lowest BCUT2D eigenvalue weighted by Gasteiger charge is -2.18. The van der Waals surface area contributed by atoms with E-state index in [1.54, 1.807) is 14.2 Å². The molecule has 0 aliphatic carbocycles. The van der Waals surface area contributed by atoms with Gasteiger partial charge in [-0.3, -0.25) is 0 Å². The Morgan fingerprint density at radius 2 is 1.88 bits per heavy atom. The minimum atomic E-state index is -0.0812. The molecule has 0 aliphatic rings. The van der Waals surface area contributed by atoms with Gasteiger partial charge in [-0.2, -0.15) is 0 Å². The third kappa shape index (κ3) is 3.27. The first-order valence-electron chi connectivity index (χ1n) is 5.67. The number of nitrogens with two attached hydrogens (primary N) is 1. The summed E-state index contributed by atoms with van der Waals surface area (Å²) in [5, 5.41) is 0.542. The predicted octanol–water partition coefficient (Wildman–Crippen LogP) is 3.40. The Morgan fingerprint density at radius 1 is 1.24 bits per heavy atom. The molecule has 96 valence electrons. The third-order valence-corrected chi connectivity index (χ3v) is 3.03. The average molecular weight is 258 g/mol. The zero-order chi connectivity index (χ0) is 13.0. The van der Waals surface area contributed by atoms with Crippen LogP contribution in [0.4, 0.5) is 0 Å². The molecule has 1 aromatic carbocycles. The Morgan fingerprint density at radius 3 is 2.35 bits per heavy atom. The molecule has 2 N–H and O–H groups in total. The van der Waals surface area contributed by atoms with Gasteiger partial charge in [0.1, 0.15) is 0 Å². The van der Waals surface area contributed by atoms with E-state index >= 15 is 0 Å². The molecule has 0 spiro atoms. The van der Waals surface area contributed by atoms with Gasteiger partial charge in [0.05, 0.1) is 19.2 Å². The van der Waals surface area contributed by atoms with Crippen molar-refractivity contribution < 1.29 is 9.47 Å². The van der Waals surface area contributed by atoms with Crippen LogP contribution in [0.25, 0.3) is 0 Å². The van der Waals surface area contributed by atoms with Gasteiger partial charge in [0.2, 0.25) is 0 Å². The lowest BCUT2D eigenvalue weighted by Crippen LogP contribution is -2.13. The van der Waals surface area contributed by atoms with Crippen LogP contribution in [-0.4, -0.2) is 14.2 Å². The zero-order valence-electron chi connectivity index (χ0n) is 10.8. The molecule has 0 amide bonds. The van der Waals surface area contributed by atoms with Crippen molar-refractivity contribution in [1.29, 1.82) is 0 Å². The number of benzene rings is 1. The largest absolute Gasteiger partial charge is 0.493 e. The van der Waals surface area contributed by atoms with E-state index in [1.165, 1.54) is 0 Å². The summed E-state index contributed by atoms with van der Waals surface area (Å²) in [4.78, 5) is 0. The van der Waals surface area contributed by atoms with Crippen LogP contribution in [0.1, 0.15) is 31.9 Å². The fraction of sp³-hybridized carbons (Fsp3) is 0.538. The van der Waals surface area contributed by atoms with Gasteiger partial charge in [0.25, 0.3) is 0 Å². The molecule has 1 rings (SSSR count). The molecule has 1 atom stereocenters. The summed E-state index contributed by atoms with van der Waals surface area (Å²) in [5.41, 5.74) is 7.03. The van der Waals surface area contributed by atoms with Gasteiger partial charge in [-0.05, 0) is 24.0 Å². The van der Waals surface area contributed by atoms with Crippen molar-refractivity contribution in [3.63, 3.8) is 0 Å². The first kappa shape index (κ1) is 14.1. The van der Waals surface area contributed by atoms with Crippen molar-refractivity contribution in [2.24, 2.45) is 11.7 Å². The molecule has 0 heterocycles. The predicted molar refractivity (Wildman–Crippen MR) is 70.9 cm³/mol. The maximum Gasteiger partial charge on any atom is 0.179 e. The van der Waals surface area contributed by atoms with Gasteiger partial charge >= 0.3 is 0 Å². The van der Waals surface area contributed by atoms with Crippen LogP contribution in [-0.2, 0) is 0 Å². The first-order chi connectivity index (χ1) is 8.01. The van der Waals surface area contributed by atoms with Gasteiger partial charge in [-0.25, -0.2) is 0 Å². The van der Waals surface area contributed by atoms with Crippen LogP contribution in [0, 0.1) is 5.92 Å². The minimum Gasteiger partial charge on any atom is -0.493 e. The summed E-state index contributed by atoms with van der Waals surface area (Å²) in [5.74, 6) is 1.69. The molecule has 0 fully saturated rings. The van der Waals surface area contributed by atoms with Gasteiger partial charge in [-0.1, -0.05) is 31.5 Å². The highest BCUT2D eigenvalue weighted by Gasteiger charge is 2.18. The van der Waals surface area contributed by atoms with E-state index in [2.05, 4.69) is 13.8 Å². The highest BCUT2D eigenvalue weighted by Crippen LogP contribution is 2.40. The standard InChI is InChI=1S/C13H20ClNO2/c1-8(2)7-10(15)9-5-6-11(16-3)13(17-4)12(9)14/h5-6,8,10H,7,15H2,1-4H3/t10-/m0/s1. The number of methoxy groups -OCH3 is 2. The molecule has 0 saturated heterocycles. The van der Waals surface area contributed by atoms with E-state index in [9.17, 15) is 0 Å². The number of ether oxygens (including phenoxy) is 2. The lowest BCUT2D eigenvalue weighted by atomic mass is 9.97. The molecular weight excluding hydrogens is 238 g/mol. The molecule has 3 nitrogen and oxygen atoms in total. The summed E-state index contributed by atoms with van der Waals surface area (Å²) in [7, 11) is 3.16. The van der Waals surface area contributed by atoms with E-state index < -0.39 is 0 Å². The second kappa shape index (κ2) is 6.12. The van der Waals surface area contributed by atoms with E-state index in [0.717, 1.165) is 12.0 Å². The molecule has 0 aliphatic heterocycles. The first-order valence-corrected chi connectivity index (χ1v) is 6.05. The van der Waals surface area contributed by atoms with Gasteiger partial charge < -0.3 is 15.2 Å². The van der Waals surface area contributed by atoms with Crippen molar-refractivity contribution in [2.75, 3.05) is 14.2 Å². The van der Waals surface area contributed by atoms with Crippen molar-refractivity contribution in [3.05, 3.63) is 22.7 Å². The fourth-order valence-corrected chi connectivity index (χ4v) is 2.20. The molecule has 0 unspecified atom stereocenters. The lowest BCUT2D eigenvalue weighted by molar-refractivity contribution is 0.354. The molecule has 4 heteroatoms. The van der Waals surface area contributed by atoms with Crippen LogP contribution < -0.4 is 15.2 Å². The Hall–Kier alpha value is -0.930. The Bertz CT molecular complexity index is 380. The third-order valence-electron chi connectivity index (χ3n) is 2.64. The van der Waals surface area contributed by atoms with Crippen LogP contribution in [0.3, 0.4) is 0 Å². The second-order valence-electron chi connectivity index (χ2n) is 4.44. The SMILES string of the molecule is COc1ccc([C@@H](N)CC(C)C)c(Cl)c1OC. The van der Waals surface area contributed by atoms with Crippen LogP contribution in [0.15, 0.2) is 12.1 Å². The van der Waals surface area contributed by atoms with Crippen molar-refractivity contribution in [3.8, 4) is 11.5 Å². The number of hydrogen-bond acceptors (Lipinski definition) is 3. The molecule has 17 heavy (non-hydrogen) atoms. The van der Waals surface area contributed by atoms with Crippen molar-refractivity contribution >= 4 is 11.6 Å². The summed E-state index contributed by atoms with van der Waals surface area (Å²) < 4.78 is 10.4. The summed E-state index contributed by atoms with van der Waals surface area (Å²) in [6.07, 6.45) is 0.884. The topological polar surface area (TPSA) is 44.5 Å². The Kier molecular flexibility index (Phi) is 5.09. The van der Waals surface area contributed by atoms with Crippen LogP contribution >= 0.6 is 11.6 Å². The van der Waals surface area contributed by atoms with Gasteiger partial charge in [0.15, 0.2) is 11.5 Å². The van der Waals surface area contributed by atoms with Crippen molar-refractivity contribution in [2.45, 2.75) is 26.3 Å². The monoisotopic (exact) mass is 257 g/mol. The van der Waals surface area contributed by atoms with E-state index in [0.29, 0.717) is 22.4 Å². The summed E-state index contributed by atoms with van der Waals surface area (Å²) in [6, 6.07) is 3.65. The highest BCUT2D eigenvalue weighted by atomic mass is 35.5. The smallest absolute Gasteiger partial charge is 0.179 e. The highest BCUT2D eigenvalue weighted by molar-refractivity contribution is 6.33.